The van der Waals surface area contributed by atoms with E-state index >= 15 is 0 Å². The Kier molecular flexibility index (Phi) is 2.70. The van der Waals surface area contributed by atoms with E-state index in [4.69, 9.17) is 22.1 Å². The summed E-state index contributed by atoms with van der Waals surface area (Å²) < 4.78 is 5.14. The fourth-order valence-corrected chi connectivity index (χ4v) is 0.925. The van der Waals surface area contributed by atoms with E-state index in [9.17, 15) is 0 Å². The van der Waals surface area contributed by atoms with Crippen molar-refractivity contribution in [2.45, 2.75) is 13.8 Å². The molecule has 0 bridgehead atoms. The standard InChI is InChI=1S/C7H10ClN3O/c1-3-12-7-5(8)6(9)10-4(2)11-7/h3H2,1-2H3,(H2,9,10,11). The van der Waals surface area contributed by atoms with Gasteiger partial charge in [0.1, 0.15) is 16.7 Å². The van der Waals surface area contributed by atoms with E-state index < -0.39 is 0 Å². The zero-order valence-electron chi connectivity index (χ0n) is 6.97. The summed E-state index contributed by atoms with van der Waals surface area (Å²) in [6.07, 6.45) is 0. The van der Waals surface area contributed by atoms with Gasteiger partial charge in [0.05, 0.1) is 6.61 Å². The molecule has 66 valence electrons. The molecule has 0 amide bonds. The molecule has 0 fully saturated rings. The number of hydrogen-bond acceptors (Lipinski definition) is 4. The third kappa shape index (κ3) is 1.76. The summed E-state index contributed by atoms with van der Waals surface area (Å²) in [6.45, 7) is 4.09. The average Bonchev–Trinajstić information content (AvgIpc) is 2.00. The quantitative estimate of drug-likeness (QED) is 0.761. The zero-order valence-corrected chi connectivity index (χ0v) is 7.72. The van der Waals surface area contributed by atoms with Gasteiger partial charge in [-0.3, -0.25) is 0 Å². The number of aryl methyl sites for hydroxylation is 1. The number of nitrogens with zero attached hydrogens (tertiary/aromatic N) is 2. The molecule has 4 nitrogen and oxygen atoms in total. The van der Waals surface area contributed by atoms with Crippen molar-refractivity contribution in [1.82, 2.24) is 9.97 Å². The maximum atomic E-state index is 5.77. The molecule has 1 aromatic rings. The second-order valence-corrected chi connectivity index (χ2v) is 2.59. The maximum Gasteiger partial charge on any atom is 0.238 e. The third-order valence-electron chi connectivity index (χ3n) is 1.24. The lowest BCUT2D eigenvalue weighted by molar-refractivity contribution is 0.326. The Hall–Kier alpha value is -1.03. The number of anilines is 1. The van der Waals surface area contributed by atoms with Gasteiger partial charge in [0, 0.05) is 0 Å². The Morgan fingerprint density at radius 1 is 1.50 bits per heavy atom. The van der Waals surface area contributed by atoms with E-state index in [1.165, 1.54) is 0 Å². The van der Waals surface area contributed by atoms with Crippen molar-refractivity contribution >= 4 is 17.4 Å². The van der Waals surface area contributed by atoms with Crippen molar-refractivity contribution in [1.29, 1.82) is 0 Å². The summed E-state index contributed by atoms with van der Waals surface area (Å²) in [5, 5.41) is 0.280. The smallest absolute Gasteiger partial charge is 0.238 e. The van der Waals surface area contributed by atoms with Crippen LogP contribution < -0.4 is 10.5 Å². The van der Waals surface area contributed by atoms with E-state index in [1.54, 1.807) is 6.92 Å². The summed E-state index contributed by atoms with van der Waals surface area (Å²) in [6, 6.07) is 0. The molecule has 5 heteroatoms. The van der Waals surface area contributed by atoms with Crippen molar-refractivity contribution in [3.8, 4) is 5.88 Å². The van der Waals surface area contributed by atoms with E-state index in [0.29, 0.717) is 18.3 Å². The first-order chi connectivity index (χ1) is 5.65. The number of ether oxygens (including phenoxy) is 1. The lowest BCUT2D eigenvalue weighted by Gasteiger charge is -2.05. The van der Waals surface area contributed by atoms with E-state index in [-0.39, 0.29) is 10.8 Å². The minimum absolute atomic E-state index is 0.257. The van der Waals surface area contributed by atoms with Gasteiger partial charge in [-0.1, -0.05) is 11.6 Å². The molecule has 0 saturated carbocycles. The van der Waals surface area contributed by atoms with Gasteiger partial charge in [-0.15, -0.1) is 0 Å². The van der Waals surface area contributed by atoms with Crippen LogP contribution in [0.15, 0.2) is 0 Å². The first kappa shape index (κ1) is 9.06. The van der Waals surface area contributed by atoms with Crippen LogP contribution in [0.5, 0.6) is 5.88 Å². The first-order valence-corrected chi connectivity index (χ1v) is 3.95. The van der Waals surface area contributed by atoms with Crippen molar-refractivity contribution in [3.63, 3.8) is 0 Å². The molecule has 0 spiro atoms. The number of hydrogen-bond donors (Lipinski definition) is 1. The Balaban J connectivity index is 3.09. The predicted octanol–water partition coefficient (Wildman–Crippen LogP) is 1.42. The largest absolute Gasteiger partial charge is 0.477 e. The summed E-state index contributed by atoms with van der Waals surface area (Å²) in [7, 11) is 0. The molecule has 1 rings (SSSR count). The highest BCUT2D eigenvalue weighted by Crippen LogP contribution is 2.26. The summed E-state index contributed by atoms with van der Waals surface area (Å²) in [5.74, 6) is 1.16. The van der Waals surface area contributed by atoms with Gasteiger partial charge in [0.15, 0.2) is 0 Å². The van der Waals surface area contributed by atoms with Crippen LogP contribution in [-0.4, -0.2) is 16.6 Å². The SMILES string of the molecule is CCOc1nc(C)nc(N)c1Cl. The Morgan fingerprint density at radius 2 is 2.17 bits per heavy atom. The lowest BCUT2D eigenvalue weighted by Crippen LogP contribution is -2.02. The van der Waals surface area contributed by atoms with Gasteiger partial charge >= 0.3 is 0 Å². The molecule has 2 N–H and O–H groups in total. The normalized spacial score (nSPS) is 9.92. The Bertz CT molecular complexity index is 290. The fourth-order valence-electron chi connectivity index (χ4n) is 0.786. The van der Waals surface area contributed by atoms with Gasteiger partial charge in [0.2, 0.25) is 5.88 Å². The van der Waals surface area contributed by atoms with Crippen LogP contribution >= 0.6 is 11.6 Å². The molecule has 0 radical (unpaired) electrons. The average molecular weight is 188 g/mol. The number of nitrogen functional groups attached to an aromatic ring is 1. The molecular formula is C7H10ClN3O. The monoisotopic (exact) mass is 187 g/mol. The van der Waals surface area contributed by atoms with Crippen LogP contribution in [0.1, 0.15) is 12.7 Å². The second kappa shape index (κ2) is 3.58. The van der Waals surface area contributed by atoms with Gasteiger partial charge in [-0.25, -0.2) is 4.98 Å². The van der Waals surface area contributed by atoms with Crippen LogP contribution in [-0.2, 0) is 0 Å². The van der Waals surface area contributed by atoms with Crippen LogP contribution in [0.3, 0.4) is 0 Å². The molecule has 1 heterocycles. The molecule has 12 heavy (non-hydrogen) atoms. The van der Waals surface area contributed by atoms with Crippen molar-refractivity contribution in [3.05, 3.63) is 10.8 Å². The predicted molar refractivity (Wildman–Crippen MR) is 47.4 cm³/mol. The molecule has 1 aromatic heterocycles. The summed E-state index contributed by atoms with van der Waals surface area (Å²) in [4.78, 5) is 7.85. The van der Waals surface area contributed by atoms with Crippen LogP contribution in [0.25, 0.3) is 0 Å². The second-order valence-electron chi connectivity index (χ2n) is 2.21. The van der Waals surface area contributed by atoms with Gasteiger partial charge in [-0.2, -0.15) is 4.98 Å². The number of halogens is 1. The van der Waals surface area contributed by atoms with Crippen molar-refractivity contribution in [2.75, 3.05) is 12.3 Å². The number of nitrogens with two attached hydrogens (primary N) is 1. The molecule has 0 saturated heterocycles. The van der Waals surface area contributed by atoms with Crippen molar-refractivity contribution in [2.24, 2.45) is 0 Å². The number of aromatic nitrogens is 2. The lowest BCUT2D eigenvalue weighted by atomic mass is 10.5. The molecule has 0 atom stereocenters. The van der Waals surface area contributed by atoms with E-state index in [1.807, 2.05) is 6.92 Å². The van der Waals surface area contributed by atoms with Gasteiger partial charge < -0.3 is 10.5 Å². The highest BCUT2D eigenvalue weighted by atomic mass is 35.5. The molecule has 0 aliphatic carbocycles. The fraction of sp³-hybridized carbons (Fsp3) is 0.429. The van der Waals surface area contributed by atoms with Gasteiger partial charge in [-0.05, 0) is 13.8 Å². The van der Waals surface area contributed by atoms with Crippen LogP contribution in [0.2, 0.25) is 5.02 Å². The van der Waals surface area contributed by atoms with E-state index in [2.05, 4.69) is 9.97 Å². The summed E-state index contributed by atoms with van der Waals surface area (Å²) >= 11 is 5.77. The molecule has 0 aliphatic rings. The minimum atomic E-state index is 0.257. The zero-order chi connectivity index (χ0) is 9.14. The highest BCUT2D eigenvalue weighted by molar-refractivity contribution is 6.34. The van der Waals surface area contributed by atoms with Crippen LogP contribution in [0, 0.1) is 6.92 Å². The molecule has 0 aromatic carbocycles. The topological polar surface area (TPSA) is 61.0 Å². The molecular weight excluding hydrogens is 178 g/mol. The summed E-state index contributed by atoms with van der Waals surface area (Å²) in [5.41, 5.74) is 5.49. The third-order valence-corrected chi connectivity index (χ3v) is 1.59. The highest BCUT2D eigenvalue weighted by Gasteiger charge is 2.08. The van der Waals surface area contributed by atoms with Crippen LogP contribution in [0.4, 0.5) is 5.82 Å². The molecule has 0 unspecified atom stereocenters. The number of rotatable bonds is 2. The van der Waals surface area contributed by atoms with Gasteiger partial charge in [0.25, 0.3) is 0 Å². The Morgan fingerprint density at radius 3 is 2.75 bits per heavy atom. The first-order valence-electron chi connectivity index (χ1n) is 3.57. The van der Waals surface area contributed by atoms with Crippen molar-refractivity contribution < 1.29 is 4.74 Å². The molecule has 0 aliphatic heterocycles. The Labute approximate surface area is 75.7 Å². The maximum absolute atomic E-state index is 5.77. The minimum Gasteiger partial charge on any atom is -0.477 e. The van der Waals surface area contributed by atoms with E-state index in [0.717, 1.165) is 0 Å².